The Kier molecular flexibility index (Phi) is 6.38. The quantitative estimate of drug-likeness (QED) is 0.243. The van der Waals surface area contributed by atoms with Crippen LogP contribution in [0.1, 0.15) is 15.9 Å². The molecular formula is C32H27N3O5S. The predicted octanol–water partition coefficient (Wildman–Crippen LogP) is 6.64. The number of nitrogens with one attached hydrogen (secondary N) is 1. The van der Waals surface area contributed by atoms with Crippen molar-refractivity contribution in [1.29, 1.82) is 0 Å². The van der Waals surface area contributed by atoms with Crippen LogP contribution in [0.4, 0.5) is 5.69 Å². The number of anilines is 1. The van der Waals surface area contributed by atoms with Gasteiger partial charge >= 0.3 is 0 Å². The molecule has 6 rings (SSSR count). The van der Waals surface area contributed by atoms with E-state index in [4.69, 9.17) is 8.83 Å². The molecule has 8 nitrogen and oxygen atoms in total. The molecule has 0 fully saturated rings. The summed E-state index contributed by atoms with van der Waals surface area (Å²) >= 11 is 0. The van der Waals surface area contributed by atoms with E-state index in [-0.39, 0.29) is 5.91 Å². The van der Waals surface area contributed by atoms with Crippen LogP contribution in [0, 0.1) is 6.92 Å². The van der Waals surface area contributed by atoms with E-state index in [1.807, 2.05) is 79.7 Å². The van der Waals surface area contributed by atoms with Gasteiger partial charge in [-0.15, -0.1) is 0 Å². The van der Waals surface area contributed by atoms with Crippen molar-refractivity contribution in [3.63, 3.8) is 0 Å². The Hall–Kier alpha value is -4.89. The number of hydrogen-bond donors (Lipinski definition) is 1. The second kappa shape index (κ2) is 9.94. The second-order valence-corrected chi connectivity index (χ2v) is 11.9. The monoisotopic (exact) mass is 565 g/mol. The minimum Gasteiger partial charge on any atom is -0.455 e. The van der Waals surface area contributed by atoms with Gasteiger partial charge < -0.3 is 14.2 Å². The first kappa shape index (κ1) is 26.3. The zero-order chi connectivity index (χ0) is 28.9. The zero-order valence-corrected chi connectivity index (χ0v) is 23.7. The number of furan rings is 1. The van der Waals surface area contributed by atoms with E-state index in [1.54, 1.807) is 19.2 Å². The van der Waals surface area contributed by atoms with Gasteiger partial charge in [-0.3, -0.25) is 9.10 Å². The highest BCUT2D eigenvalue weighted by Crippen LogP contribution is 2.43. The van der Waals surface area contributed by atoms with E-state index in [1.165, 1.54) is 11.4 Å². The third-order valence-electron chi connectivity index (χ3n) is 7.14. The average molecular weight is 566 g/mol. The molecule has 0 saturated carbocycles. The lowest BCUT2D eigenvalue weighted by Gasteiger charge is -2.20. The number of carbonyl (C=O) groups is 1. The summed E-state index contributed by atoms with van der Waals surface area (Å²) in [5.41, 5.74) is 6.02. The molecule has 0 aliphatic heterocycles. The van der Waals surface area contributed by atoms with Crippen molar-refractivity contribution in [2.45, 2.75) is 6.92 Å². The third-order valence-corrected chi connectivity index (χ3v) is 8.33. The summed E-state index contributed by atoms with van der Waals surface area (Å²) in [5, 5.41) is 3.26. The van der Waals surface area contributed by atoms with Gasteiger partial charge in [-0.05, 0) is 31.2 Å². The fraction of sp³-hybridized carbons (Fsp3) is 0.125. The molecule has 9 heteroatoms. The van der Waals surface area contributed by atoms with Gasteiger partial charge in [0, 0.05) is 47.8 Å². The Morgan fingerprint density at radius 2 is 1.61 bits per heavy atom. The maximum atomic E-state index is 13.2. The molecule has 2 aromatic heterocycles. The van der Waals surface area contributed by atoms with Gasteiger partial charge in [0.2, 0.25) is 15.9 Å². The summed E-state index contributed by atoms with van der Waals surface area (Å²) in [4.78, 5) is 17.9. The van der Waals surface area contributed by atoms with E-state index in [0.29, 0.717) is 56.1 Å². The minimum atomic E-state index is -3.66. The second-order valence-electron chi connectivity index (χ2n) is 9.89. The largest absolute Gasteiger partial charge is 0.455 e. The molecule has 41 heavy (non-hydrogen) atoms. The van der Waals surface area contributed by atoms with E-state index in [9.17, 15) is 13.2 Å². The number of hydrogen-bond acceptors (Lipinski definition) is 6. The van der Waals surface area contributed by atoms with Crippen molar-refractivity contribution in [2.75, 3.05) is 24.7 Å². The number of benzene rings is 4. The fourth-order valence-electron chi connectivity index (χ4n) is 4.91. The first-order chi connectivity index (χ1) is 19.7. The summed E-state index contributed by atoms with van der Waals surface area (Å²) in [7, 11) is -0.613. The first-order valence-corrected chi connectivity index (χ1v) is 14.8. The molecule has 0 radical (unpaired) electrons. The molecule has 1 N–H and O–H groups in total. The molecule has 0 bridgehead atoms. The van der Waals surface area contributed by atoms with Crippen molar-refractivity contribution in [2.24, 2.45) is 0 Å². The van der Waals surface area contributed by atoms with Crippen LogP contribution >= 0.6 is 0 Å². The van der Waals surface area contributed by atoms with Crippen molar-refractivity contribution in [1.82, 2.24) is 10.3 Å². The van der Waals surface area contributed by atoms with Crippen LogP contribution in [0.25, 0.3) is 56.0 Å². The SMILES string of the molecule is CNC(=O)c1c(-c2ccc(C)cc2)oc2cc(N(C)S(C)(=O)=O)c(-c3cccc4nc(-c5ccccc5)oc34)cc12. The van der Waals surface area contributed by atoms with Crippen LogP contribution in [0.15, 0.2) is 93.8 Å². The molecular weight excluding hydrogens is 538 g/mol. The Balaban J connectivity index is 1.67. The average Bonchev–Trinajstić information content (AvgIpc) is 3.58. The fourth-order valence-corrected chi connectivity index (χ4v) is 5.42. The van der Waals surface area contributed by atoms with E-state index < -0.39 is 10.0 Å². The van der Waals surface area contributed by atoms with Crippen LogP contribution in [-0.2, 0) is 10.0 Å². The lowest BCUT2D eigenvalue weighted by atomic mass is 9.97. The predicted molar refractivity (Wildman–Crippen MR) is 161 cm³/mol. The van der Waals surface area contributed by atoms with Crippen LogP contribution in [-0.4, -0.2) is 39.7 Å². The molecule has 0 atom stereocenters. The molecule has 206 valence electrons. The van der Waals surface area contributed by atoms with Gasteiger partial charge in [0.25, 0.3) is 5.91 Å². The highest BCUT2D eigenvalue weighted by atomic mass is 32.2. The summed E-state index contributed by atoms with van der Waals surface area (Å²) in [5.74, 6) is 0.524. The Labute approximate surface area is 237 Å². The molecule has 0 aliphatic rings. The van der Waals surface area contributed by atoms with E-state index in [2.05, 4.69) is 10.3 Å². The highest BCUT2D eigenvalue weighted by Gasteiger charge is 2.27. The number of aryl methyl sites for hydroxylation is 1. The number of rotatable bonds is 6. The van der Waals surface area contributed by atoms with Gasteiger partial charge in [-0.25, -0.2) is 13.4 Å². The van der Waals surface area contributed by atoms with Crippen molar-refractivity contribution in [3.05, 3.63) is 96.1 Å². The standard InChI is InChI=1S/C32H27N3O5S/c1-19-13-15-20(16-14-19)29-28(31(36)33-2)24-17-23(26(18-27(24)39-29)35(3)41(4,37)38)22-11-8-12-25-30(22)40-32(34-25)21-9-6-5-7-10-21/h5-18H,1-4H3,(H,33,36). The van der Waals surface area contributed by atoms with Crippen LogP contribution < -0.4 is 9.62 Å². The first-order valence-electron chi connectivity index (χ1n) is 12.9. The summed E-state index contributed by atoms with van der Waals surface area (Å²) in [6.45, 7) is 1.98. The molecule has 0 spiro atoms. The maximum Gasteiger partial charge on any atom is 0.255 e. The highest BCUT2D eigenvalue weighted by molar-refractivity contribution is 7.92. The third kappa shape index (κ3) is 4.64. The molecule has 6 aromatic rings. The van der Waals surface area contributed by atoms with Crippen molar-refractivity contribution in [3.8, 4) is 33.9 Å². The minimum absolute atomic E-state index is 0.321. The topological polar surface area (TPSA) is 106 Å². The molecule has 0 aliphatic carbocycles. The molecule has 4 aromatic carbocycles. The van der Waals surface area contributed by atoms with Gasteiger partial charge in [-0.2, -0.15) is 0 Å². The van der Waals surface area contributed by atoms with Crippen LogP contribution in [0.5, 0.6) is 0 Å². The number of oxazole rings is 1. The van der Waals surface area contributed by atoms with Gasteiger partial charge in [-0.1, -0.05) is 60.2 Å². The lowest BCUT2D eigenvalue weighted by Crippen LogP contribution is -2.25. The Bertz CT molecular complexity index is 2040. The van der Waals surface area contributed by atoms with E-state index >= 15 is 0 Å². The van der Waals surface area contributed by atoms with Gasteiger partial charge in [0.15, 0.2) is 5.58 Å². The number of carbonyl (C=O) groups excluding carboxylic acids is 1. The normalized spacial score (nSPS) is 11.7. The molecule has 0 saturated heterocycles. The summed E-state index contributed by atoms with van der Waals surface area (Å²) in [6.07, 6.45) is 1.14. The number of nitrogens with zero attached hydrogens (tertiary/aromatic N) is 2. The van der Waals surface area contributed by atoms with Gasteiger partial charge in [0.1, 0.15) is 16.9 Å². The summed E-state index contributed by atoms with van der Waals surface area (Å²) in [6, 6.07) is 26.2. The van der Waals surface area contributed by atoms with Gasteiger partial charge in [0.05, 0.1) is 17.5 Å². The smallest absolute Gasteiger partial charge is 0.255 e. The Morgan fingerprint density at radius 1 is 0.878 bits per heavy atom. The number of fused-ring (bicyclic) bond motifs is 2. The maximum absolute atomic E-state index is 13.2. The number of aromatic nitrogens is 1. The van der Waals surface area contributed by atoms with E-state index in [0.717, 1.165) is 22.9 Å². The van der Waals surface area contributed by atoms with Crippen LogP contribution in [0.2, 0.25) is 0 Å². The Morgan fingerprint density at radius 3 is 2.29 bits per heavy atom. The lowest BCUT2D eigenvalue weighted by molar-refractivity contribution is 0.0964. The molecule has 0 unspecified atom stereocenters. The van der Waals surface area contributed by atoms with Crippen molar-refractivity contribution >= 4 is 43.7 Å². The zero-order valence-electron chi connectivity index (χ0n) is 22.9. The number of amides is 1. The molecule has 2 heterocycles. The number of para-hydroxylation sites is 1. The van der Waals surface area contributed by atoms with Crippen LogP contribution in [0.3, 0.4) is 0 Å². The van der Waals surface area contributed by atoms with Crippen molar-refractivity contribution < 1.29 is 22.0 Å². The molecule has 1 amide bonds. The number of sulfonamides is 1. The summed E-state index contributed by atoms with van der Waals surface area (Å²) < 4.78 is 39.3.